The van der Waals surface area contributed by atoms with Crippen molar-refractivity contribution in [3.8, 4) is 0 Å². The lowest BCUT2D eigenvalue weighted by atomic mass is 10.2. The average molecular weight is 406 g/mol. The van der Waals surface area contributed by atoms with Gasteiger partial charge in [-0.3, -0.25) is 9.80 Å². The molecule has 1 fully saturated rings. The number of β-amino-alcohol motifs (C(OH)–C–C–N with tert-alkyl or cyclic N) is 1. The van der Waals surface area contributed by atoms with Crippen LogP contribution in [0.1, 0.15) is 11.3 Å². The summed E-state index contributed by atoms with van der Waals surface area (Å²) in [4.78, 5) is 4.46. The molecule has 6 nitrogen and oxygen atoms in total. The summed E-state index contributed by atoms with van der Waals surface area (Å²) in [5, 5.41) is 10.6. The molecule has 1 saturated heterocycles. The van der Waals surface area contributed by atoms with Crippen molar-refractivity contribution in [2.24, 2.45) is 0 Å². The Morgan fingerprint density at radius 1 is 1.24 bits per heavy atom. The van der Waals surface area contributed by atoms with Crippen LogP contribution in [0, 0.1) is 5.82 Å². The molecule has 0 bridgehead atoms. The van der Waals surface area contributed by atoms with Crippen molar-refractivity contribution in [3.63, 3.8) is 0 Å². The molecule has 0 spiro atoms. The molecule has 160 valence electrons. The second-order valence-corrected chi connectivity index (χ2v) is 7.55. The molecule has 3 rings (SSSR count). The number of halogens is 1. The quantitative estimate of drug-likeness (QED) is 0.618. The van der Waals surface area contributed by atoms with Crippen molar-refractivity contribution in [3.05, 3.63) is 59.7 Å². The summed E-state index contributed by atoms with van der Waals surface area (Å²) in [6.07, 6.45) is 1.58. The largest absolute Gasteiger partial charge is 0.390 e. The van der Waals surface area contributed by atoms with Crippen molar-refractivity contribution >= 4 is 0 Å². The van der Waals surface area contributed by atoms with Crippen LogP contribution in [-0.4, -0.2) is 85.2 Å². The van der Waals surface area contributed by atoms with Gasteiger partial charge >= 0.3 is 0 Å². The fraction of sp³-hybridized carbons (Fsp3) is 0.545. The summed E-state index contributed by atoms with van der Waals surface area (Å²) in [5.74, 6) is -0.218. The average Bonchev–Trinajstić information content (AvgIpc) is 3.13. The standard InChI is InChI=1S/C22H32FN3O3/c1-28-11-8-25(18-22(27)17-24-9-12-29-13-10-24)16-21-6-3-7-26(21)15-19-4-2-5-20(23)14-19/h2-7,14,22,27H,8-13,15-18H2,1H3/t22-/m0/s1. The van der Waals surface area contributed by atoms with Gasteiger partial charge in [-0.05, 0) is 29.8 Å². The highest BCUT2D eigenvalue weighted by molar-refractivity contribution is 5.19. The molecule has 2 aromatic rings. The minimum Gasteiger partial charge on any atom is -0.390 e. The van der Waals surface area contributed by atoms with Crippen LogP contribution in [0.25, 0.3) is 0 Å². The van der Waals surface area contributed by atoms with Crippen LogP contribution in [0.5, 0.6) is 0 Å². The van der Waals surface area contributed by atoms with Crippen LogP contribution in [0.15, 0.2) is 42.6 Å². The van der Waals surface area contributed by atoms with E-state index in [0.29, 0.717) is 32.8 Å². The van der Waals surface area contributed by atoms with Gasteiger partial charge in [-0.1, -0.05) is 12.1 Å². The highest BCUT2D eigenvalue weighted by atomic mass is 19.1. The summed E-state index contributed by atoms with van der Waals surface area (Å²) in [6, 6.07) is 10.8. The zero-order valence-electron chi connectivity index (χ0n) is 17.2. The van der Waals surface area contributed by atoms with Crippen LogP contribution >= 0.6 is 0 Å². The van der Waals surface area contributed by atoms with Crippen LogP contribution in [0.3, 0.4) is 0 Å². The predicted octanol–water partition coefficient (Wildman–Crippen LogP) is 1.82. The first-order valence-corrected chi connectivity index (χ1v) is 10.2. The Bertz CT molecular complexity index is 734. The normalized spacial score (nSPS) is 16.4. The lowest BCUT2D eigenvalue weighted by molar-refractivity contribution is 0.00419. The Kier molecular flexibility index (Phi) is 8.64. The molecule has 1 atom stereocenters. The van der Waals surface area contributed by atoms with E-state index in [0.717, 1.165) is 44.1 Å². The third kappa shape index (κ3) is 7.21. The molecule has 1 aromatic carbocycles. The van der Waals surface area contributed by atoms with E-state index in [-0.39, 0.29) is 5.82 Å². The first kappa shape index (κ1) is 21.9. The van der Waals surface area contributed by atoms with Crippen LogP contribution in [-0.2, 0) is 22.6 Å². The van der Waals surface area contributed by atoms with E-state index in [1.807, 2.05) is 18.3 Å². The zero-order valence-corrected chi connectivity index (χ0v) is 17.2. The van der Waals surface area contributed by atoms with E-state index in [1.54, 1.807) is 19.2 Å². The Morgan fingerprint density at radius 3 is 2.83 bits per heavy atom. The third-order valence-corrected chi connectivity index (χ3v) is 5.20. The van der Waals surface area contributed by atoms with Crippen LogP contribution in [0.4, 0.5) is 4.39 Å². The molecule has 0 saturated carbocycles. The van der Waals surface area contributed by atoms with Gasteiger partial charge in [0.05, 0.1) is 25.9 Å². The summed E-state index contributed by atoms with van der Waals surface area (Å²) in [5.41, 5.74) is 2.06. The molecule has 1 aliphatic heterocycles. The van der Waals surface area contributed by atoms with Crippen molar-refractivity contribution in [1.29, 1.82) is 0 Å². The second kappa shape index (κ2) is 11.4. The molecule has 1 aromatic heterocycles. The van der Waals surface area contributed by atoms with E-state index >= 15 is 0 Å². The molecule has 2 heterocycles. The third-order valence-electron chi connectivity index (χ3n) is 5.20. The highest BCUT2D eigenvalue weighted by Gasteiger charge is 2.18. The minimum atomic E-state index is -0.434. The topological polar surface area (TPSA) is 50.1 Å². The van der Waals surface area contributed by atoms with Crippen molar-refractivity contribution in [2.75, 3.05) is 59.7 Å². The number of nitrogens with zero attached hydrogens (tertiary/aromatic N) is 3. The van der Waals surface area contributed by atoms with Gasteiger partial charge in [0, 0.05) is 64.8 Å². The monoisotopic (exact) mass is 405 g/mol. The van der Waals surface area contributed by atoms with Crippen molar-refractivity contribution in [1.82, 2.24) is 14.4 Å². The van der Waals surface area contributed by atoms with E-state index < -0.39 is 6.10 Å². The number of hydrogen-bond acceptors (Lipinski definition) is 5. The van der Waals surface area contributed by atoms with Gasteiger partial charge in [0.1, 0.15) is 5.82 Å². The van der Waals surface area contributed by atoms with Gasteiger partial charge in [0.2, 0.25) is 0 Å². The van der Waals surface area contributed by atoms with Crippen LogP contribution in [0.2, 0.25) is 0 Å². The summed E-state index contributed by atoms with van der Waals surface area (Å²) in [6.45, 7) is 7.08. The van der Waals surface area contributed by atoms with Gasteiger partial charge < -0.3 is 19.1 Å². The highest BCUT2D eigenvalue weighted by Crippen LogP contribution is 2.12. The fourth-order valence-electron chi connectivity index (χ4n) is 3.70. The Morgan fingerprint density at radius 2 is 2.07 bits per heavy atom. The number of aromatic nitrogens is 1. The molecule has 1 N–H and O–H groups in total. The van der Waals surface area contributed by atoms with Crippen molar-refractivity contribution in [2.45, 2.75) is 19.2 Å². The number of methoxy groups -OCH3 is 1. The SMILES string of the molecule is COCCN(Cc1cccn1Cc1cccc(F)c1)C[C@@H](O)CN1CCOCC1. The van der Waals surface area contributed by atoms with Crippen LogP contribution < -0.4 is 0 Å². The Hall–Kier alpha value is -1.77. The van der Waals surface area contributed by atoms with Gasteiger partial charge in [-0.2, -0.15) is 0 Å². The van der Waals surface area contributed by atoms with E-state index in [1.165, 1.54) is 6.07 Å². The zero-order chi connectivity index (χ0) is 20.5. The molecule has 0 amide bonds. The number of ether oxygens (including phenoxy) is 2. The summed E-state index contributed by atoms with van der Waals surface area (Å²) >= 11 is 0. The lowest BCUT2D eigenvalue weighted by Crippen LogP contribution is -2.45. The molecule has 0 aliphatic carbocycles. The number of aliphatic hydroxyl groups is 1. The Balaban J connectivity index is 1.60. The summed E-state index contributed by atoms with van der Waals surface area (Å²) in [7, 11) is 1.69. The molecule has 29 heavy (non-hydrogen) atoms. The molecule has 0 radical (unpaired) electrons. The molecular formula is C22H32FN3O3. The van der Waals surface area contributed by atoms with E-state index in [9.17, 15) is 9.50 Å². The minimum absolute atomic E-state index is 0.218. The smallest absolute Gasteiger partial charge is 0.123 e. The first-order valence-electron chi connectivity index (χ1n) is 10.2. The number of rotatable bonds is 11. The predicted molar refractivity (Wildman–Crippen MR) is 110 cm³/mol. The van der Waals surface area contributed by atoms with E-state index in [4.69, 9.17) is 9.47 Å². The van der Waals surface area contributed by atoms with Gasteiger partial charge in [0.15, 0.2) is 0 Å². The Labute approximate surface area is 172 Å². The summed E-state index contributed by atoms with van der Waals surface area (Å²) < 4.78 is 26.3. The maximum Gasteiger partial charge on any atom is 0.123 e. The molecular weight excluding hydrogens is 373 g/mol. The van der Waals surface area contributed by atoms with E-state index in [2.05, 4.69) is 20.4 Å². The second-order valence-electron chi connectivity index (χ2n) is 7.55. The van der Waals surface area contributed by atoms with Gasteiger partial charge in [-0.15, -0.1) is 0 Å². The molecule has 7 heteroatoms. The maximum absolute atomic E-state index is 13.5. The van der Waals surface area contributed by atoms with Gasteiger partial charge in [0.25, 0.3) is 0 Å². The number of aliphatic hydroxyl groups excluding tert-OH is 1. The molecule has 0 unspecified atom stereocenters. The number of benzene rings is 1. The number of morpholine rings is 1. The van der Waals surface area contributed by atoms with Crippen molar-refractivity contribution < 1.29 is 19.0 Å². The lowest BCUT2D eigenvalue weighted by Gasteiger charge is -2.31. The maximum atomic E-state index is 13.5. The first-order chi connectivity index (χ1) is 14.1. The fourth-order valence-corrected chi connectivity index (χ4v) is 3.70. The van der Waals surface area contributed by atoms with Gasteiger partial charge in [-0.25, -0.2) is 4.39 Å². The number of hydrogen-bond donors (Lipinski definition) is 1. The molecule has 1 aliphatic rings.